The lowest BCUT2D eigenvalue weighted by Gasteiger charge is -2.45. The number of hydrogen-bond donors (Lipinski definition) is 0. The van der Waals surface area contributed by atoms with Crippen LogP contribution in [-0.4, -0.2) is 36.6 Å². The first-order valence-electron chi connectivity index (χ1n) is 7.46. The topological polar surface area (TPSA) is 6.48 Å². The Morgan fingerprint density at radius 2 is 2.16 bits per heavy atom. The number of benzene rings is 1. The van der Waals surface area contributed by atoms with Gasteiger partial charge in [-0.3, -0.25) is 4.90 Å². The van der Waals surface area contributed by atoms with E-state index in [0.29, 0.717) is 6.04 Å². The highest BCUT2D eigenvalue weighted by Gasteiger charge is 2.35. The fraction of sp³-hybridized carbons (Fsp3) is 0.625. The van der Waals surface area contributed by atoms with Gasteiger partial charge >= 0.3 is 0 Å². The number of hydrogen-bond acceptors (Lipinski definition) is 2. The van der Waals surface area contributed by atoms with Crippen molar-refractivity contribution in [3.05, 3.63) is 28.2 Å². The van der Waals surface area contributed by atoms with Crippen LogP contribution >= 0.6 is 15.9 Å². The molecule has 3 heteroatoms. The zero-order valence-electron chi connectivity index (χ0n) is 11.9. The Kier molecular flexibility index (Phi) is 3.86. The fourth-order valence-corrected chi connectivity index (χ4v) is 4.00. The highest BCUT2D eigenvalue weighted by molar-refractivity contribution is 9.10. The largest absolute Gasteiger partial charge is 0.365 e. The van der Waals surface area contributed by atoms with Gasteiger partial charge in [-0.25, -0.2) is 0 Å². The molecule has 0 aromatic heterocycles. The van der Waals surface area contributed by atoms with E-state index in [-0.39, 0.29) is 0 Å². The van der Waals surface area contributed by atoms with Crippen LogP contribution in [0.4, 0.5) is 5.69 Å². The van der Waals surface area contributed by atoms with Gasteiger partial charge in [-0.05, 0) is 50.4 Å². The third-order valence-corrected chi connectivity index (χ3v) is 5.67. The molecule has 2 atom stereocenters. The number of anilines is 1. The molecule has 1 aromatic rings. The second kappa shape index (κ2) is 5.45. The molecule has 2 unspecified atom stereocenters. The third kappa shape index (κ3) is 2.43. The molecule has 0 radical (unpaired) electrons. The van der Waals surface area contributed by atoms with Gasteiger partial charge in [0, 0.05) is 35.3 Å². The van der Waals surface area contributed by atoms with E-state index in [1.54, 1.807) is 0 Å². The van der Waals surface area contributed by atoms with Crippen molar-refractivity contribution in [1.29, 1.82) is 0 Å². The molecule has 1 aromatic carbocycles. The second-order valence-corrected chi connectivity index (χ2v) is 6.74. The Morgan fingerprint density at radius 3 is 2.95 bits per heavy atom. The minimum atomic E-state index is 0.669. The molecule has 2 heterocycles. The normalized spacial score (nSPS) is 27.6. The summed E-state index contributed by atoms with van der Waals surface area (Å²) in [6, 6.07) is 8.04. The molecule has 0 saturated carbocycles. The van der Waals surface area contributed by atoms with Crippen LogP contribution in [0.15, 0.2) is 22.7 Å². The Labute approximate surface area is 124 Å². The minimum absolute atomic E-state index is 0.669. The van der Waals surface area contributed by atoms with Crippen LogP contribution in [0.5, 0.6) is 0 Å². The first-order chi connectivity index (χ1) is 9.20. The fourth-order valence-electron chi connectivity index (χ4n) is 3.64. The number of rotatable bonds is 2. The number of fused-ring (bicyclic) bond motifs is 1. The van der Waals surface area contributed by atoms with Gasteiger partial charge < -0.3 is 4.90 Å². The molecule has 3 rings (SSSR count). The van der Waals surface area contributed by atoms with E-state index in [9.17, 15) is 0 Å². The summed E-state index contributed by atoms with van der Waals surface area (Å²) in [4.78, 5) is 5.37. The molecule has 2 aliphatic rings. The van der Waals surface area contributed by atoms with Gasteiger partial charge in [-0.2, -0.15) is 0 Å². The summed E-state index contributed by atoms with van der Waals surface area (Å²) in [5.74, 6) is 0. The van der Waals surface area contributed by atoms with E-state index in [2.05, 4.69) is 57.8 Å². The van der Waals surface area contributed by atoms with Gasteiger partial charge in [0.1, 0.15) is 0 Å². The lowest BCUT2D eigenvalue weighted by Crippen LogP contribution is -2.56. The first-order valence-corrected chi connectivity index (χ1v) is 8.25. The molecular formula is C16H23BrN2. The van der Waals surface area contributed by atoms with E-state index in [4.69, 9.17) is 0 Å². The van der Waals surface area contributed by atoms with Gasteiger partial charge in [0.2, 0.25) is 0 Å². The standard InChI is InChI=1S/C16H23BrN2/c1-3-13-10-18-9-5-6-14(18)11-19(13)16-8-4-7-15(17)12(16)2/h4,7-8,13-14H,3,5-6,9-11H2,1-2H3. The number of nitrogens with zero attached hydrogens (tertiary/aromatic N) is 2. The van der Waals surface area contributed by atoms with Crippen molar-refractivity contribution in [1.82, 2.24) is 4.90 Å². The van der Waals surface area contributed by atoms with Crippen LogP contribution in [0.1, 0.15) is 31.7 Å². The van der Waals surface area contributed by atoms with Crippen LogP contribution in [0.2, 0.25) is 0 Å². The molecule has 0 spiro atoms. The third-order valence-electron chi connectivity index (χ3n) is 4.81. The van der Waals surface area contributed by atoms with E-state index in [1.807, 2.05) is 0 Å². The average Bonchev–Trinajstić information content (AvgIpc) is 2.87. The predicted octanol–water partition coefficient (Wildman–Crippen LogP) is 3.82. The summed E-state index contributed by atoms with van der Waals surface area (Å²) in [6.07, 6.45) is 3.99. The summed E-state index contributed by atoms with van der Waals surface area (Å²) >= 11 is 3.67. The molecule has 2 saturated heterocycles. The maximum atomic E-state index is 3.67. The Bertz CT molecular complexity index is 460. The maximum Gasteiger partial charge on any atom is 0.0415 e. The van der Waals surface area contributed by atoms with Gasteiger partial charge in [-0.1, -0.05) is 28.9 Å². The van der Waals surface area contributed by atoms with Crippen molar-refractivity contribution in [2.45, 2.75) is 45.2 Å². The van der Waals surface area contributed by atoms with Crippen LogP contribution in [-0.2, 0) is 0 Å². The van der Waals surface area contributed by atoms with Crippen molar-refractivity contribution in [3.63, 3.8) is 0 Å². The Hall–Kier alpha value is -0.540. The lowest BCUT2D eigenvalue weighted by molar-refractivity contribution is 0.194. The first kappa shape index (κ1) is 13.4. The molecular weight excluding hydrogens is 300 g/mol. The van der Waals surface area contributed by atoms with E-state index < -0.39 is 0 Å². The van der Waals surface area contributed by atoms with Gasteiger partial charge in [0.25, 0.3) is 0 Å². The predicted molar refractivity (Wildman–Crippen MR) is 84.9 cm³/mol. The molecule has 0 N–H and O–H groups in total. The average molecular weight is 323 g/mol. The maximum absolute atomic E-state index is 3.67. The van der Waals surface area contributed by atoms with Crippen LogP contribution in [0, 0.1) is 6.92 Å². The summed E-state index contributed by atoms with van der Waals surface area (Å²) in [5, 5.41) is 0. The van der Waals surface area contributed by atoms with Crippen molar-refractivity contribution in [2.24, 2.45) is 0 Å². The SMILES string of the molecule is CCC1CN2CCCC2CN1c1cccc(Br)c1C. The molecule has 2 nitrogen and oxygen atoms in total. The van der Waals surface area contributed by atoms with E-state index >= 15 is 0 Å². The van der Waals surface area contributed by atoms with Crippen LogP contribution < -0.4 is 4.90 Å². The summed E-state index contributed by atoms with van der Waals surface area (Å²) in [5.41, 5.74) is 2.81. The summed E-state index contributed by atoms with van der Waals surface area (Å²) in [7, 11) is 0. The van der Waals surface area contributed by atoms with Crippen molar-refractivity contribution < 1.29 is 0 Å². The molecule has 19 heavy (non-hydrogen) atoms. The van der Waals surface area contributed by atoms with E-state index in [0.717, 1.165) is 6.04 Å². The highest BCUT2D eigenvalue weighted by Crippen LogP contribution is 2.33. The quantitative estimate of drug-likeness (QED) is 0.816. The summed E-state index contributed by atoms with van der Waals surface area (Å²) < 4.78 is 1.23. The zero-order chi connectivity index (χ0) is 13.4. The van der Waals surface area contributed by atoms with Crippen molar-refractivity contribution in [3.8, 4) is 0 Å². The van der Waals surface area contributed by atoms with E-state index in [1.165, 1.54) is 54.6 Å². The molecule has 0 bridgehead atoms. The van der Waals surface area contributed by atoms with Gasteiger partial charge in [-0.15, -0.1) is 0 Å². The van der Waals surface area contributed by atoms with Crippen LogP contribution in [0.3, 0.4) is 0 Å². The van der Waals surface area contributed by atoms with Gasteiger partial charge in [0.05, 0.1) is 0 Å². The zero-order valence-corrected chi connectivity index (χ0v) is 13.5. The Balaban J connectivity index is 1.91. The summed E-state index contributed by atoms with van der Waals surface area (Å²) in [6.45, 7) is 8.31. The lowest BCUT2D eigenvalue weighted by atomic mass is 10.0. The molecule has 2 aliphatic heterocycles. The molecule has 104 valence electrons. The van der Waals surface area contributed by atoms with Crippen molar-refractivity contribution >= 4 is 21.6 Å². The van der Waals surface area contributed by atoms with Gasteiger partial charge in [0.15, 0.2) is 0 Å². The number of piperazine rings is 1. The van der Waals surface area contributed by atoms with Crippen molar-refractivity contribution in [2.75, 3.05) is 24.5 Å². The smallest absolute Gasteiger partial charge is 0.0415 e. The monoisotopic (exact) mass is 322 g/mol. The van der Waals surface area contributed by atoms with Crippen LogP contribution in [0.25, 0.3) is 0 Å². The highest BCUT2D eigenvalue weighted by atomic mass is 79.9. The second-order valence-electron chi connectivity index (χ2n) is 5.89. The molecule has 2 fully saturated rings. The molecule has 0 aliphatic carbocycles. The Morgan fingerprint density at radius 1 is 1.32 bits per heavy atom. The molecule has 0 amide bonds. The number of halogens is 1. The minimum Gasteiger partial charge on any atom is -0.365 e.